The van der Waals surface area contributed by atoms with Crippen LogP contribution < -0.4 is 5.43 Å². The zero-order chi connectivity index (χ0) is 18.5. The second-order valence-electron chi connectivity index (χ2n) is 5.22. The summed E-state index contributed by atoms with van der Waals surface area (Å²) in [5, 5.41) is 21.2. The zero-order valence-corrected chi connectivity index (χ0v) is 14.8. The molecule has 0 fully saturated rings. The number of hydrogen-bond acceptors (Lipinski definition) is 5. The number of nitro benzene ring substituents is 1. The van der Waals surface area contributed by atoms with E-state index >= 15 is 0 Å². The van der Waals surface area contributed by atoms with Crippen LogP contribution >= 0.6 is 15.9 Å². The molecule has 0 spiro atoms. The number of H-pyrrole nitrogens is 1. The van der Waals surface area contributed by atoms with Gasteiger partial charge in [0.15, 0.2) is 0 Å². The topological polar surface area (TPSA) is 113 Å². The number of benzene rings is 2. The number of halogens is 1. The molecule has 130 valence electrons. The maximum Gasteiger partial charge on any atom is 0.289 e. The van der Waals surface area contributed by atoms with Gasteiger partial charge in [-0.1, -0.05) is 28.1 Å². The van der Waals surface area contributed by atoms with Crippen molar-refractivity contribution in [3.05, 3.63) is 80.4 Å². The van der Waals surface area contributed by atoms with E-state index < -0.39 is 10.8 Å². The van der Waals surface area contributed by atoms with E-state index in [1.807, 2.05) is 24.3 Å². The molecule has 2 aromatic carbocycles. The predicted molar refractivity (Wildman–Crippen MR) is 99.9 cm³/mol. The van der Waals surface area contributed by atoms with Gasteiger partial charge in [-0.15, -0.1) is 0 Å². The zero-order valence-electron chi connectivity index (χ0n) is 13.2. The highest BCUT2D eigenvalue weighted by atomic mass is 79.9. The lowest BCUT2D eigenvalue weighted by atomic mass is 10.1. The number of non-ortho nitro benzene ring substituents is 1. The predicted octanol–water partition coefficient (Wildman–Crippen LogP) is 3.51. The van der Waals surface area contributed by atoms with Crippen molar-refractivity contribution in [1.29, 1.82) is 0 Å². The Morgan fingerprint density at radius 3 is 2.54 bits per heavy atom. The van der Waals surface area contributed by atoms with E-state index in [0.717, 1.165) is 10.0 Å². The van der Waals surface area contributed by atoms with Gasteiger partial charge in [-0.3, -0.25) is 20.0 Å². The van der Waals surface area contributed by atoms with Crippen molar-refractivity contribution >= 4 is 33.7 Å². The molecule has 0 radical (unpaired) electrons. The van der Waals surface area contributed by atoms with E-state index in [-0.39, 0.29) is 11.4 Å². The normalized spacial score (nSPS) is 10.8. The average molecular weight is 414 g/mol. The minimum absolute atomic E-state index is 0.0101. The number of hydrogen-bond donors (Lipinski definition) is 2. The largest absolute Gasteiger partial charge is 0.289 e. The SMILES string of the molecule is O=C(N/N=C\c1ccc([N+](=O)[O-])cc1)c1cc(-c2ccc(Br)cc2)n[nH]1. The monoisotopic (exact) mass is 413 g/mol. The van der Waals surface area contributed by atoms with Crippen LogP contribution in [-0.4, -0.2) is 27.2 Å². The minimum atomic E-state index is -0.482. The van der Waals surface area contributed by atoms with E-state index in [0.29, 0.717) is 11.3 Å². The summed E-state index contributed by atoms with van der Waals surface area (Å²) in [5.74, 6) is -0.445. The van der Waals surface area contributed by atoms with Crippen molar-refractivity contribution < 1.29 is 9.72 Å². The number of carbonyl (C=O) groups excluding carboxylic acids is 1. The first-order chi connectivity index (χ1) is 12.5. The van der Waals surface area contributed by atoms with Crippen LogP contribution in [0.4, 0.5) is 5.69 Å². The van der Waals surface area contributed by atoms with Crippen LogP contribution in [0.3, 0.4) is 0 Å². The Hall–Kier alpha value is -3.33. The molecular formula is C17H12BrN5O3. The lowest BCUT2D eigenvalue weighted by Crippen LogP contribution is -2.17. The van der Waals surface area contributed by atoms with Crippen molar-refractivity contribution in [3.8, 4) is 11.3 Å². The van der Waals surface area contributed by atoms with E-state index in [1.54, 1.807) is 6.07 Å². The highest BCUT2D eigenvalue weighted by Gasteiger charge is 2.10. The molecule has 0 bridgehead atoms. The molecule has 0 aliphatic carbocycles. The Kier molecular flexibility index (Phi) is 5.18. The summed E-state index contributed by atoms with van der Waals surface area (Å²) < 4.78 is 0.954. The van der Waals surface area contributed by atoms with E-state index in [9.17, 15) is 14.9 Å². The van der Waals surface area contributed by atoms with Crippen molar-refractivity contribution in [3.63, 3.8) is 0 Å². The van der Waals surface area contributed by atoms with Crippen LogP contribution in [-0.2, 0) is 0 Å². The highest BCUT2D eigenvalue weighted by molar-refractivity contribution is 9.10. The first-order valence-electron chi connectivity index (χ1n) is 7.42. The molecule has 1 aromatic heterocycles. The molecule has 1 heterocycles. The number of amides is 1. The third kappa shape index (κ3) is 4.19. The van der Waals surface area contributed by atoms with E-state index in [2.05, 4.69) is 36.7 Å². The third-order valence-corrected chi connectivity index (χ3v) is 3.97. The number of aromatic amines is 1. The summed E-state index contributed by atoms with van der Waals surface area (Å²) in [6, 6.07) is 15.0. The van der Waals surface area contributed by atoms with Gasteiger partial charge in [0.05, 0.1) is 16.8 Å². The third-order valence-electron chi connectivity index (χ3n) is 3.45. The molecule has 26 heavy (non-hydrogen) atoms. The number of aromatic nitrogens is 2. The van der Waals surface area contributed by atoms with Gasteiger partial charge in [0, 0.05) is 22.2 Å². The van der Waals surface area contributed by atoms with Crippen molar-refractivity contribution in [2.24, 2.45) is 5.10 Å². The van der Waals surface area contributed by atoms with Crippen LogP contribution in [0.15, 0.2) is 64.2 Å². The number of carbonyl (C=O) groups is 1. The Labute approximate surface area is 156 Å². The number of nitrogens with one attached hydrogen (secondary N) is 2. The number of nitro groups is 1. The highest BCUT2D eigenvalue weighted by Crippen LogP contribution is 2.20. The van der Waals surface area contributed by atoms with Crippen LogP contribution in [0.1, 0.15) is 16.1 Å². The van der Waals surface area contributed by atoms with Crippen LogP contribution in [0.5, 0.6) is 0 Å². The number of hydrazone groups is 1. The van der Waals surface area contributed by atoms with Gasteiger partial charge in [0.2, 0.25) is 0 Å². The summed E-state index contributed by atoms with van der Waals surface area (Å²) in [6.07, 6.45) is 1.40. The second kappa shape index (κ2) is 7.70. The van der Waals surface area contributed by atoms with Gasteiger partial charge in [-0.2, -0.15) is 10.2 Å². The van der Waals surface area contributed by atoms with Crippen LogP contribution in [0, 0.1) is 10.1 Å². The van der Waals surface area contributed by atoms with Gasteiger partial charge in [0.1, 0.15) is 5.69 Å². The lowest BCUT2D eigenvalue weighted by molar-refractivity contribution is -0.384. The molecule has 0 atom stereocenters. The average Bonchev–Trinajstić information content (AvgIpc) is 3.13. The molecule has 3 rings (SSSR count). The number of nitrogens with zero attached hydrogens (tertiary/aromatic N) is 3. The van der Waals surface area contributed by atoms with Gasteiger partial charge < -0.3 is 0 Å². The minimum Gasteiger partial charge on any atom is -0.272 e. The number of rotatable bonds is 5. The molecule has 0 aliphatic rings. The maximum absolute atomic E-state index is 12.1. The summed E-state index contributed by atoms with van der Waals surface area (Å²) in [4.78, 5) is 22.2. The summed E-state index contributed by atoms with van der Waals surface area (Å²) >= 11 is 3.36. The standard InChI is InChI=1S/C17H12BrN5O3/c18-13-5-3-12(4-6-13)15-9-16(21-20-15)17(24)22-19-10-11-1-7-14(8-2-11)23(25)26/h1-10H,(H,20,21)(H,22,24)/b19-10-. The summed E-state index contributed by atoms with van der Waals surface area (Å²) in [7, 11) is 0. The Morgan fingerprint density at radius 2 is 1.88 bits per heavy atom. The van der Waals surface area contributed by atoms with Gasteiger partial charge in [-0.05, 0) is 35.9 Å². The molecule has 0 saturated heterocycles. The molecule has 1 amide bonds. The fourth-order valence-electron chi connectivity index (χ4n) is 2.11. The molecule has 3 aromatic rings. The van der Waals surface area contributed by atoms with Gasteiger partial charge in [-0.25, -0.2) is 5.43 Å². The second-order valence-corrected chi connectivity index (χ2v) is 6.14. The summed E-state index contributed by atoms with van der Waals surface area (Å²) in [6.45, 7) is 0. The Morgan fingerprint density at radius 1 is 1.19 bits per heavy atom. The smallest absolute Gasteiger partial charge is 0.272 e. The van der Waals surface area contributed by atoms with Gasteiger partial charge in [0.25, 0.3) is 11.6 Å². The van der Waals surface area contributed by atoms with Crippen molar-refractivity contribution in [2.75, 3.05) is 0 Å². The summed E-state index contributed by atoms with van der Waals surface area (Å²) in [5.41, 5.74) is 4.77. The quantitative estimate of drug-likeness (QED) is 0.378. The molecule has 8 nitrogen and oxygen atoms in total. The molecular weight excluding hydrogens is 402 g/mol. The molecule has 9 heteroatoms. The molecule has 2 N–H and O–H groups in total. The first kappa shape index (κ1) is 17.5. The van der Waals surface area contributed by atoms with Crippen LogP contribution in [0.25, 0.3) is 11.3 Å². The van der Waals surface area contributed by atoms with Crippen LogP contribution in [0.2, 0.25) is 0 Å². The van der Waals surface area contributed by atoms with Crippen molar-refractivity contribution in [1.82, 2.24) is 15.6 Å². The van der Waals surface area contributed by atoms with Gasteiger partial charge >= 0.3 is 0 Å². The van der Waals surface area contributed by atoms with E-state index in [1.165, 1.54) is 30.5 Å². The molecule has 0 unspecified atom stereocenters. The Balaban J connectivity index is 1.63. The lowest BCUT2D eigenvalue weighted by Gasteiger charge is -1.96. The Bertz CT molecular complexity index is 965. The fourth-order valence-corrected chi connectivity index (χ4v) is 2.38. The first-order valence-corrected chi connectivity index (χ1v) is 8.21. The maximum atomic E-state index is 12.1. The fraction of sp³-hybridized carbons (Fsp3) is 0. The van der Waals surface area contributed by atoms with Crippen molar-refractivity contribution in [2.45, 2.75) is 0 Å². The van der Waals surface area contributed by atoms with E-state index in [4.69, 9.17) is 0 Å². The molecule has 0 aliphatic heterocycles. The molecule has 0 saturated carbocycles.